The fourth-order valence-corrected chi connectivity index (χ4v) is 2.75. The van der Waals surface area contributed by atoms with Gasteiger partial charge in [0.05, 0.1) is 11.9 Å². The standard InChI is InChI=1S/C15H16N6OS/c1-20-9-7-17-15(20)23-10-8-16-14(22)13-11-21(19-18-13)12-5-3-2-4-6-12/h2-7,9,11H,8,10H2,1H3,(H,16,22). The average molecular weight is 328 g/mol. The molecule has 0 aliphatic carbocycles. The van der Waals surface area contributed by atoms with E-state index >= 15 is 0 Å². The number of hydrogen-bond acceptors (Lipinski definition) is 5. The first-order chi connectivity index (χ1) is 11.2. The highest BCUT2D eigenvalue weighted by Gasteiger charge is 2.11. The number of benzene rings is 1. The minimum absolute atomic E-state index is 0.229. The third-order valence-electron chi connectivity index (χ3n) is 3.14. The number of carbonyl (C=O) groups is 1. The molecule has 0 saturated carbocycles. The van der Waals surface area contributed by atoms with E-state index in [1.807, 2.05) is 48.1 Å². The first-order valence-electron chi connectivity index (χ1n) is 7.10. The SMILES string of the molecule is Cn1ccnc1SCCNC(=O)c1cn(-c2ccccc2)nn1. The topological polar surface area (TPSA) is 77.6 Å². The highest BCUT2D eigenvalue weighted by Crippen LogP contribution is 2.13. The third kappa shape index (κ3) is 3.78. The van der Waals surface area contributed by atoms with Crippen LogP contribution in [0, 0.1) is 0 Å². The van der Waals surface area contributed by atoms with Gasteiger partial charge in [0, 0.05) is 31.7 Å². The molecule has 3 rings (SSSR count). The number of amides is 1. The monoisotopic (exact) mass is 328 g/mol. The number of hydrogen-bond donors (Lipinski definition) is 1. The van der Waals surface area contributed by atoms with E-state index in [2.05, 4.69) is 20.6 Å². The van der Waals surface area contributed by atoms with Crippen molar-refractivity contribution in [2.24, 2.45) is 7.05 Å². The van der Waals surface area contributed by atoms with Crippen LogP contribution in [0.15, 0.2) is 54.1 Å². The van der Waals surface area contributed by atoms with Crippen molar-refractivity contribution in [2.45, 2.75) is 5.16 Å². The number of carbonyl (C=O) groups excluding carboxylic acids is 1. The molecule has 2 aromatic heterocycles. The second-order valence-electron chi connectivity index (χ2n) is 4.81. The van der Waals surface area contributed by atoms with Gasteiger partial charge < -0.3 is 9.88 Å². The van der Waals surface area contributed by atoms with Crippen LogP contribution in [-0.2, 0) is 7.05 Å². The summed E-state index contributed by atoms with van der Waals surface area (Å²) < 4.78 is 3.52. The Morgan fingerprint density at radius 3 is 2.87 bits per heavy atom. The predicted molar refractivity (Wildman–Crippen MR) is 87.6 cm³/mol. The normalized spacial score (nSPS) is 10.7. The molecule has 0 fully saturated rings. The maximum Gasteiger partial charge on any atom is 0.273 e. The summed E-state index contributed by atoms with van der Waals surface area (Å²) in [6, 6.07) is 9.55. The Hall–Kier alpha value is -2.61. The van der Waals surface area contributed by atoms with Gasteiger partial charge in [0.25, 0.3) is 5.91 Å². The molecule has 0 aliphatic rings. The van der Waals surface area contributed by atoms with Crippen molar-refractivity contribution >= 4 is 17.7 Å². The van der Waals surface area contributed by atoms with Gasteiger partial charge in [-0.25, -0.2) is 9.67 Å². The van der Waals surface area contributed by atoms with Crippen LogP contribution in [0.4, 0.5) is 0 Å². The molecule has 1 aromatic carbocycles. The first-order valence-corrected chi connectivity index (χ1v) is 8.09. The zero-order valence-corrected chi connectivity index (χ0v) is 13.4. The van der Waals surface area contributed by atoms with Crippen LogP contribution in [0.3, 0.4) is 0 Å². The van der Waals surface area contributed by atoms with Crippen LogP contribution < -0.4 is 5.32 Å². The van der Waals surface area contributed by atoms with E-state index in [0.717, 1.165) is 16.6 Å². The van der Waals surface area contributed by atoms with E-state index in [1.54, 1.807) is 28.8 Å². The summed E-state index contributed by atoms with van der Waals surface area (Å²) in [5, 5.41) is 11.6. The lowest BCUT2D eigenvalue weighted by atomic mass is 10.3. The third-order valence-corrected chi connectivity index (χ3v) is 4.20. The predicted octanol–water partition coefficient (Wildman–Crippen LogP) is 1.52. The van der Waals surface area contributed by atoms with Gasteiger partial charge >= 0.3 is 0 Å². The van der Waals surface area contributed by atoms with E-state index in [9.17, 15) is 4.79 Å². The molecular weight excluding hydrogens is 312 g/mol. The van der Waals surface area contributed by atoms with E-state index in [-0.39, 0.29) is 5.91 Å². The summed E-state index contributed by atoms with van der Waals surface area (Å²) in [7, 11) is 1.94. The van der Waals surface area contributed by atoms with Crippen molar-refractivity contribution in [3.8, 4) is 5.69 Å². The number of imidazole rings is 1. The van der Waals surface area contributed by atoms with E-state index in [4.69, 9.17) is 0 Å². The van der Waals surface area contributed by atoms with E-state index in [0.29, 0.717) is 12.2 Å². The molecule has 1 N–H and O–H groups in total. The Bertz CT molecular complexity index is 782. The minimum Gasteiger partial charge on any atom is -0.350 e. The number of para-hydroxylation sites is 1. The van der Waals surface area contributed by atoms with Crippen molar-refractivity contribution in [1.82, 2.24) is 29.9 Å². The van der Waals surface area contributed by atoms with Crippen molar-refractivity contribution < 1.29 is 4.79 Å². The van der Waals surface area contributed by atoms with Crippen molar-refractivity contribution in [3.63, 3.8) is 0 Å². The van der Waals surface area contributed by atoms with Crippen LogP contribution in [-0.4, -0.2) is 42.7 Å². The number of thioether (sulfide) groups is 1. The Morgan fingerprint density at radius 1 is 1.30 bits per heavy atom. The number of aryl methyl sites for hydroxylation is 1. The van der Waals surface area contributed by atoms with E-state index in [1.165, 1.54) is 0 Å². The lowest BCUT2D eigenvalue weighted by Gasteiger charge is -2.03. The number of nitrogens with one attached hydrogen (secondary N) is 1. The van der Waals surface area contributed by atoms with Crippen LogP contribution in [0.2, 0.25) is 0 Å². The summed E-state index contributed by atoms with van der Waals surface area (Å²) in [6.07, 6.45) is 5.27. The zero-order chi connectivity index (χ0) is 16.1. The minimum atomic E-state index is -0.229. The van der Waals surface area contributed by atoms with Crippen LogP contribution in [0.1, 0.15) is 10.5 Å². The molecule has 0 spiro atoms. The van der Waals surface area contributed by atoms with Gasteiger partial charge in [-0.1, -0.05) is 35.2 Å². The smallest absolute Gasteiger partial charge is 0.273 e. The average Bonchev–Trinajstić information content (AvgIpc) is 3.22. The summed E-state index contributed by atoms with van der Waals surface area (Å²) in [5.74, 6) is 0.510. The molecule has 23 heavy (non-hydrogen) atoms. The van der Waals surface area contributed by atoms with Crippen LogP contribution in [0.5, 0.6) is 0 Å². The lowest BCUT2D eigenvalue weighted by molar-refractivity contribution is 0.0951. The lowest BCUT2D eigenvalue weighted by Crippen LogP contribution is -2.26. The maximum absolute atomic E-state index is 12.1. The molecule has 0 atom stereocenters. The number of rotatable bonds is 6. The molecule has 7 nitrogen and oxygen atoms in total. The zero-order valence-electron chi connectivity index (χ0n) is 12.6. The fraction of sp³-hybridized carbons (Fsp3) is 0.200. The van der Waals surface area contributed by atoms with Gasteiger partial charge in [0.2, 0.25) is 0 Å². The molecule has 0 radical (unpaired) electrons. The van der Waals surface area contributed by atoms with Gasteiger partial charge in [0.1, 0.15) is 0 Å². The maximum atomic E-state index is 12.1. The van der Waals surface area contributed by atoms with Crippen molar-refractivity contribution in [1.29, 1.82) is 0 Å². The Balaban J connectivity index is 1.51. The molecule has 2 heterocycles. The number of aromatic nitrogens is 5. The Kier molecular flexibility index (Phi) is 4.72. The Labute approximate surface area is 137 Å². The second kappa shape index (κ2) is 7.10. The van der Waals surface area contributed by atoms with Gasteiger partial charge in [-0.05, 0) is 12.1 Å². The van der Waals surface area contributed by atoms with Gasteiger partial charge in [0.15, 0.2) is 10.9 Å². The summed E-state index contributed by atoms with van der Waals surface area (Å²) in [5.41, 5.74) is 1.17. The molecule has 0 bridgehead atoms. The molecule has 8 heteroatoms. The van der Waals surface area contributed by atoms with Crippen molar-refractivity contribution in [3.05, 3.63) is 54.6 Å². The highest BCUT2D eigenvalue weighted by molar-refractivity contribution is 7.99. The summed E-state index contributed by atoms with van der Waals surface area (Å²) >= 11 is 1.59. The summed E-state index contributed by atoms with van der Waals surface area (Å²) in [6.45, 7) is 0.536. The van der Waals surface area contributed by atoms with Gasteiger partial charge in [-0.3, -0.25) is 4.79 Å². The highest BCUT2D eigenvalue weighted by atomic mass is 32.2. The van der Waals surface area contributed by atoms with Gasteiger partial charge in [-0.2, -0.15) is 0 Å². The van der Waals surface area contributed by atoms with Crippen LogP contribution in [0.25, 0.3) is 5.69 Å². The van der Waals surface area contributed by atoms with Crippen LogP contribution >= 0.6 is 11.8 Å². The molecule has 3 aromatic rings. The first kappa shape index (κ1) is 15.3. The fourth-order valence-electron chi connectivity index (χ4n) is 1.96. The Morgan fingerprint density at radius 2 is 2.13 bits per heavy atom. The molecule has 0 unspecified atom stereocenters. The van der Waals surface area contributed by atoms with Crippen molar-refractivity contribution in [2.75, 3.05) is 12.3 Å². The molecule has 0 saturated heterocycles. The summed E-state index contributed by atoms with van der Waals surface area (Å²) in [4.78, 5) is 16.3. The quantitative estimate of drug-likeness (QED) is 0.548. The molecule has 1 amide bonds. The largest absolute Gasteiger partial charge is 0.350 e. The van der Waals surface area contributed by atoms with E-state index < -0.39 is 0 Å². The number of nitrogens with zero attached hydrogens (tertiary/aromatic N) is 5. The second-order valence-corrected chi connectivity index (χ2v) is 5.87. The molecule has 0 aliphatic heterocycles. The molecular formula is C15H16N6OS. The molecule has 118 valence electrons. The van der Waals surface area contributed by atoms with Gasteiger partial charge in [-0.15, -0.1) is 5.10 Å².